The third kappa shape index (κ3) is 6.29. The first-order valence-electron chi connectivity index (χ1n) is 9.93. The normalized spacial score (nSPS) is 11.8. The number of anilines is 2. The van der Waals surface area contributed by atoms with Gasteiger partial charge in [-0.25, -0.2) is 13.8 Å². The maximum Gasteiger partial charge on any atom is 0.433 e. The molecule has 1 aromatic heterocycles. The maximum absolute atomic E-state index is 13.3. The zero-order chi connectivity index (χ0) is 26.3. The van der Waals surface area contributed by atoms with Gasteiger partial charge in [-0.2, -0.15) is 13.9 Å². The molecule has 0 saturated carbocycles. The van der Waals surface area contributed by atoms with E-state index in [0.717, 1.165) is 18.3 Å². The number of hydrogen-bond donors (Lipinski definition) is 2. The Morgan fingerprint density at radius 1 is 1.17 bits per heavy atom. The minimum Gasteiger partial charge on any atom is -0.497 e. The molecule has 0 aliphatic carbocycles. The maximum atomic E-state index is 13.3. The highest BCUT2D eigenvalue weighted by Crippen LogP contribution is 2.30. The minimum atomic E-state index is -5.07. The van der Waals surface area contributed by atoms with E-state index in [1.807, 2.05) is 0 Å². The van der Waals surface area contributed by atoms with Crippen molar-refractivity contribution in [2.75, 3.05) is 12.4 Å². The molecule has 2 N–H and O–H groups in total. The lowest BCUT2D eigenvalue weighted by Gasteiger charge is -2.14. The molecule has 11 nitrogen and oxygen atoms in total. The fourth-order valence-electron chi connectivity index (χ4n) is 2.80. The average molecular weight is 520 g/mol. The summed E-state index contributed by atoms with van der Waals surface area (Å²) in [4.78, 5) is 21.5. The van der Waals surface area contributed by atoms with Gasteiger partial charge in [0.25, 0.3) is 5.91 Å². The molecule has 0 atom stereocenters. The summed E-state index contributed by atoms with van der Waals surface area (Å²) in [6.07, 6.45) is 3.79. The van der Waals surface area contributed by atoms with Gasteiger partial charge in [0.05, 0.1) is 23.8 Å². The summed E-state index contributed by atoms with van der Waals surface area (Å²) in [5.41, 5.74) is 2.13. The zero-order valence-corrected chi connectivity index (χ0v) is 19.2. The Balaban J connectivity index is 1.77. The quantitative estimate of drug-likeness (QED) is 0.227. The van der Waals surface area contributed by atoms with Gasteiger partial charge in [0.15, 0.2) is 0 Å². The van der Waals surface area contributed by atoms with E-state index in [4.69, 9.17) is 9.15 Å². The van der Waals surface area contributed by atoms with Gasteiger partial charge in [-0.3, -0.25) is 14.9 Å². The van der Waals surface area contributed by atoms with Crippen molar-refractivity contribution in [1.82, 2.24) is 5.43 Å². The lowest BCUT2D eigenvalue weighted by atomic mass is 10.2. The topological polar surface area (TPSA) is 153 Å². The Bertz CT molecular complexity index is 1420. The molecule has 0 unspecified atom stereocenters. The predicted octanol–water partition coefficient (Wildman–Crippen LogP) is 4.37. The second-order valence-electron chi connectivity index (χ2n) is 6.88. The number of carbonyl (C=O) groups is 1. The van der Waals surface area contributed by atoms with Crippen molar-refractivity contribution in [3.8, 4) is 5.75 Å². The van der Waals surface area contributed by atoms with Crippen molar-refractivity contribution in [3.05, 3.63) is 82.1 Å². The smallest absolute Gasteiger partial charge is 0.433 e. The molecule has 1 heterocycles. The van der Waals surface area contributed by atoms with Gasteiger partial charge >= 0.3 is 11.6 Å². The van der Waals surface area contributed by atoms with Gasteiger partial charge in [-0.15, -0.1) is 0 Å². The molecule has 0 bridgehead atoms. The number of furan rings is 1. The van der Waals surface area contributed by atoms with Gasteiger partial charge in [-0.1, -0.05) is 0 Å². The molecule has 188 valence electrons. The summed E-state index contributed by atoms with van der Waals surface area (Å²) in [5.74, 6) is -4.32. The van der Waals surface area contributed by atoms with Gasteiger partial charge in [0.2, 0.25) is 9.84 Å². The van der Waals surface area contributed by atoms with Crippen molar-refractivity contribution in [2.24, 2.45) is 5.10 Å². The second kappa shape index (κ2) is 11.2. The number of hydrogen-bond acceptors (Lipinski definition) is 9. The van der Waals surface area contributed by atoms with E-state index in [0.29, 0.717) is 11.4 Å². The lowest BCUT2D eigenvalue weighted by molar-refractivity contribution is -0.402. The first kappa shape index (κ1) is 26.0. The van der Waals surface area contributed by atoms with E-state index in [2.05, 4.69) is 15.8 Å². The number of nitrogens with zero attached hydrogens (tertiary/aromatic N) is 2. The van der Waals surface area contributed by atoms with Crippen molar-refractivity contribution in [1.29, 1.82) is 0 Å². The van der Waals surface area contributed by atoms with Crippen LogP contribution in [0.2, 0.25) is 0 Å². The van der Waals surface area contributed by atoms with Gasteiger partial charge < -0.3 is 14.5 Å². The largest absolute Gasteiger partial charge is 0.497 e. The number of allylic oxidation sites excluding steroid dienone is 1. The van der Waals surface area contributed by atoms with Crippen LogP contribution in [-0.2, 0) is 9.84 Å². The predicted molar refractivity (Wildman–Crippen MR) is 126 cm³/mol. The number of amides is 1. The molecular weight excluding hydrogens is 502 g/mol. The van der Waals surface area contributed by atoms with Crippen LogP contribution < -0.4 is 15.5 Å². The molecule has 1 amide bonds. The Labute approximate surface area is 203 Å². The number of ether oxygens (including phenoxy) is 1. The molecule has 0 aliphatic rings. The third-order valence-electron chi connectivity index (χ3n) is 4.53. The monoisotopic (exact) mass is 520 g/mol. The number of alkyl halides is 2. The van der Waals surface area contributed by atoms with E-state index >= 15 is 0 Å². The molecule has 3 rings (SSSR count). The molecule has 0 radical (unpaired) electrons. The van der Waals surface area contributed by atoms with Crippen LogP contribution >= 0.6 is 0 Å². The van der Waals surface area contributed by atoms with Crippen LogP contribution in [-0.4, -0.2) is 38.3 Å². The number of nitrogens with one attached hydrogen (secondary N) is 2. The number of halogens is 2. The summed E-state index contributed by atoms with van der Waals surface area (Å²) >= 11 is 0. The molecule has 0 fully saturated rings. The Kier molecular flexibility index (Phi) is 8.11. The highest BCUT2D eigenvalue weighted by atomic mass is 32.2. The van der Waals surface area contributed by atoms with Crippen LogP contribution in [0.5, 0.6) is 5.75 Å². The van der Waals surface area contributed by atoms with Crippen molar-refractivity contribution >= 4 is 45.3 Å². The highest BCUT2D eigenvalue weighted by Gasteiger charge is 2.30. The Morgan fingerprint density at radius 3 is 2.50 bits per heavy atom. The van der Waals surface area contributed by atoms with E-state index < -0.39 is 37.2 Å². The van der Waals surface area contributed by atoms with Gasteiger partial charge in [-0.05, 0) is 60.7 Å². The summed E-state index contributed by atoms with van der Waals surface area (Å²) < 4.78 is 61.1. The zero-order valence-electron chi connectivity index (χ0n) is 18.4. The van der Waals surface area contributed by atoms with Crippen molar-refractivity contribution in [3.63, 3.8) is 0 Å². The molecule has 0 saturated heterocycles. The van der Waals surface area contributed by atoms with Crippen LogP contribution in [0.3, 0.4) is 0 Å². The highest BCUT2D eigenvalue weighted by molar-refractivity contribution is 7.91. The number of nitro groups is 1. The molecule has 3 aromatic rings. The van der Waals surface area contributed by atoms with E-state index in [-0.39, 0.29) is 17.0 Å². The SMILES string of the molecule is COc1ccc(Nc2ccc(C(=O)NN=CC=Cc3ccc([N+](=O)[O-])o3)cc2S(=O)(=O)C(F)F)cc1. The number of carbonyl (C=O) groups excluding carboxylic acids is 1. The standard InChI is InChI=1S/C22H18F2N4O7S/c1-34-16-7-5-15(6-8-16)26-18-10-4-14(13-19(18)36(32,33)22(23)24)21(29)27-25-12-2-3-17-9-11-20(35-17)28(30)31/h2-13,22,26H,1H3,(H,27,29). The van der Waals surface area contributed by atoms with Crippen LogP contribution in [0.15, 0.2) is 75.1 Å². The van der Waals surface area contributed by atoms with E-state index in [1.165, 1.54) is 37.5 Å². The molecule has 36 heavy (non-hydrogen) atoms. The molecule has 0 aliphatic heterocycles. The minimum absolute atomic E-state index is 0.156. The first-order chi connectivity index (χ1) is 17.1. The molecular formula is C22H18F2N4O7S. The van der Waals surface area contributed by atoms with Crippen molar-refractivity contribution < 1.29 is 36.1 Å². The van der Waals surface area contributed by atoms with E-state index in [9.17, 15) is 32.1 Å². The Morgan fingerprint density at radius 2 is 1.89 bits per heavy atom. The second-order valence-corrected chi connectivity index (χ2v) is 8.77. The summed E-state index contributed by atoms with van der Waals surface area (Å²) in [7, 11) is -3.60. The molecule has 2 aromatic carbocycles. The van der Waals surface area contributed by atoms with Gasteiger partial charge in [0.1, 0.15) is 16.4 Å². The summed E-state index contributed by atoms with van der Waals surface area (Å²) in [6.45, 7) is 0. The van der Waals surface area contributed by atoms with Crippen LogP contribution in [0.25, 0.3) is 6.08 Å². The van der Waals surface area contributed by atoms with Crippen LogP contribution in [0.1, 0.15) is 16.1 Å². The fraction of sp³-hybridized carbons (Fsp3) is 0.0909. The van der Waals surface area contributed by atoms with Crippen molar-refractivity contribution in [2.45, 2.75) is 10.7 Å². The number of sulfone groups is 1. The molecule has 14 heteroatoms. The van der Waals surface area contributed by atoms with E-state index in [1.54, 1.807) is 24.3 Å². The first-order valence-corrected chi connectivity index (χ1v) is 11.5. The summed E-state index contributed by atoms with van der Waals surface area (Å²) in [6, 6.07) is 12.0. The number of methoxy groups -OCH3 is 1. The number of benzene rings is 2. The molecule has 0 spiro atoms. The number of hydrazone groups is 1. The Hall–Kier alpha value is -4.59. The lowest BCUT2D eigenvalue weighted by Crippen LogP contribution is -2.19. The third-order valence-corrected chi connectivity index (χ3v) is 5.95. The van der Waals surface area contributed by atoms with Crippen LogP contribution in [0, 0.1) is 10.1 Å². The fourth-order valence-corrected chi connectivity index (χ4v) is 3.71. The summed E-state index contributed by atoms with van der Waals surface area (Å²) in [5, 5.41) is 17.0. The number of rotatable bonds is 10. The average Bonchev–Trinajstić information content (AvgIpc) is 3.33. The van der Waals surface area contributed by atoms with Crippen LogP contribution in [0.4, 0.5) is 26.0 Å². The van der Waals surface area contributed by atoms with Gasteiger partial charge in [0, 0.05) is 17.5 Å².